The van der Waals surface area contributed by atoms with Crippen LogP contribution in [0, 0.1) is 0 Å². The van der Waals surface area contributed by atoms with Crippen LogP contribution >= 0.6 is 0 Å². The van der Waals surface area contributed by atoms with Crippen LogP contribution in [0.2, 0.25) is 0 Å². The Hall–Kier alpha value is -4.63. The highest BCUT2D eigenvalue weighted by molar-refractivity contribution is 5.97. The van der Waals surface area contributed by atoms with E-state index in [-0.39, 0.29) is 51.0 Å². The third kappa shape index (κ3) is 10.3. The summed E-state index contributed by atoms with van der Waals surface area (Å²) in [5.74, 6) is -1.51. The number of nitrogens with two attached hydrogens (primary N) is 2. The smallest absolute Gasteiger partial charge is 0.328 e. The molecule has 15 heteroatoms. The van der Waals surface area contributed by atoms with Crippen molar-refractivity contribution < 1.29 is 33.3 Å². The first-order valence-electron chi connectivity index (χ1n) is 13.9. The summed E-state index contributed by atoms with van der Waals surface area (Å²) in [5, 5.41) is 2.67. The van der Waals surface area contributed by atoms with Crippen LogP contribution in [0.5, 0.6) is 0 Å². The van der Waals surface area contributed by atoms with Gasteiger partial charge in [0.25, 0.3) is 5.91 Å². The van der Waals surface area contributed by atoms with Gasteiger partial charge in [0.15, 0.2) is 17.0 Å². The van der Waals surface area contributed by atoms with Crippen molar-refractivity contribution in [2.45, 2.75) is 39.3 Å². The molecule has 232 valence electrons. The molecule has 15 nitrogen and oxygen atoms in total. The minimum Gasteiger partial charge on any atom is -0.463 e. The van der Waals surface area contributed by atoms with Gasteiger partial charge in [-0.3, -0.25) is 9.59 Å². The average molecular weight is 599 g/mol. The molecule has 0 spiro atoms. The highest BCUT2D eigenvalue weighted by Crippen LogP contribution is 2.19. The van der Waals surface area contributed by atoms with E-state index in [1.807, 2.05) is 25.8 Å². The molecule has 5 N–H and O–H groups in total. The van der Waals surface area contributed by atoms with E-state index in [1.54, 1.807) is 30.5 Å². The monoisotopic (exact) mass is 598 g/mol. The number of aromatic nitrogens is 4. The summed E-state index contributed by atoms with van der Waals surface area (Å²) in [6.07, 6.45) is 1.49. The lowest BCUT2D eigenvalue weighted by atomic mass is 10.1. The van der Waals surface area contributed by atoms with E-state index in [4.69, 9.17) is 30.4 Å². The predicted molar refractivity (Wildman–Crippen MR) is 158 cm³/mol. The molecule has 0 aliphatic carbocycles. The van der Waals surface area contributed by atoms with Crippen molar-refractivity contribution in [3.63, 3.8) is 0 Å². The lowest BCUT2D eigenvalue weighted by Crippen LogP contribution is -2.42. The van der Waals surface area contributed by atoms with E-state index in [0.29, 0.717) is 42.2 Å². The van der Waals surface area contributed by atoms with E-state index < -0.39 is 23.9 Å². The van der Waals surface area contributed by atoms with E-state index in [9.17, 15) is 14.4 Å². The number of carbonyl (C=O) groups is 3. The van der Waals surface area contributed by atoms with Gasteiger partial charge in [-0.05, 0) is 44.5 Å². The Morgan fingerprint density at radius 3 is 2.28 bits per heavy atom. The molecule has 0 aliphatic heterocycles. The van der Waals surface area contributed by atoms with Crippen molar-refractivity contribution in [2.75, 3.05) is 63.1 Å². The van der Waals surface area contributed by atoms with Gasteiger partial charge in [-0.15, -0.1) is 0 Å². The fraction of sp³-hybridized carbons (Fsp3) is 0.464. The zero-order valence-corrected chi connectivity index (χ0v) is 24.6. The molecular weight excluding hydrogens is 560 g/mol. The molecule has 1 amide bonds. The second kappa shape index (κ2) is 16.7. The van der Waals surface area contributed by atoms with E-state index >= 15 is 0 Å². The largest absolute Gasteiger partial charge is 0.463 e. The molecule has 0 radical (unpaired) electrons. The molecule has 0 saturated carbocycles. The molecule has 43 heavy (non-hydrogen) atoms. The van der Waals surface area contributed by atoms with Gasteiger partial charge in [0.2, 0.25) is 5.95 Å². The minimum atomic E-state index is -1.06. The Morgan fingerprint density at radius 2 is 1.60 bits per heavy atom. The summed E-state index contributed by atoms with van der Waals surface area (Å²) >= 11 is 0. The molecule has 1 atom stereocenters. The van der Waals surface area contributed by atoms with Crippen molar-refractivity contribution in [3.8, 4) is 0 Å². The average Bonchev–Trinajstić information content (AvgIpc) is 2.99. The Morgan fingerprint density at radius 1 is 0.930 bits per heavy atom. The van der Waals surface area contributed by atoms with Gasteiger partial charge in [0, 0.05) is 37.9 Å². The quantitative estimate of drug-likeness (QED) is 0.148. The van der Waals surface area contributed by atoms with Gasteiger partial charge in [0.1, 0.15) is 19.3 Å². The van der Waals surface area contributed by atoms with Gasteiger partial charge in [0.05, 0.1) is 31.6 Å². The molecule has 2 aromatic heterocycles. The highest BCUT2D eigenvalue weighted by Gasteiger charge is 2.24. The Kier molecular flexibility index (Phi) is 12.8. The van der Waals surface area contributed by atoms with Gasteiger partial charge >= 0.3 is 11.9 Å². The van der Waals surface area contributed by atoms with Gasteiger partial charge in [-0.1, -0.05) is 0 Å². The van der Waals surface area contributed by atoms with Gasteiger partial charge < -0.3 is 40.6 Å². The number of nitrogens with zero attached hydrogens (tertiary/aromatic N) is 5. The lowest BCUT2D eigenvalue weighted by Gasteiger charge is -2.20. The molecular formula is C28H38N8O7. The number of nitrogens with one attached hydrogen (secondary N) is 1. The first kappa shape index (κ1) is 32.9. The molecule has 1 unspecified atom stereocenters. The summed E-state index contributed by atoms with van der Waals surface area (Å²) in [4.78, 5) is 56.5. The van der Waals surface area contributed by atoms with Crippen LogP contribution in [0.1, 0.15) is 42.7 Å². The maximum Gasteiger partial charge on any atom is 0.328 e. The number of esters is 2. The highest BCUT2D eigenvalue weighted by atomic mass is 16.6. The number of hydrogen-bond acceptors (Lipinski definition) is 14. The second-order valence-electron chi connectivity index (χ2n) is 9.25. The standard InChI is InChI=1S/C28H38N8O7/c1-4-40-12-14-42-22(37)11-10-21(27(39)43-15-13-41-5-2)33-26(38)18-6-8-20(9-7-18)36(3)17-19-16-31-25-23(32-19)24(29)34-28(30)35-25/h6-9,16,21H,4-5,10-15,17H2,1-3H3,(H,33,38)(H4,29,30,31,34,35). The topological polar surface area (TPSA) is 207 Å². The number of amides is 1. The van der Waals surface area contributed by atoms with Crippen LogP contribution < -0.4 is 21.7 Å². The zero-order chi connectivity index (χ0) is 31.2. The number of anilines is 3. The predicted octanol–water partition coefficient (Wildman–Crippen LogP) is 1.26. The number of nitrogen functional groups attached to an aromatic ring is 2. The van der Waals surface area contributed by atoms with Gasteiger partial charge in [-0.2, -0.15) is 9.97 Å². The van der Waals surface area contributed by atoms with Crippen molar-refractivity contribution in [1.29, 1.82) is 0 Å². The van der Waals surface area contributed by atoms with E-state index in [0.717, 1.165) is 5.69 Å². The van der Waals surface area contributed by atoms with Crippen LogP contribution in [0.25, 0.3) is 11.2 Å². The zero-order valence-electron chi connectivity index (χ0n) is 24.6. The van der Waals surface area contributed by atoms with Crippen LogP contribution in [0.4, 0.5) is 17.5 Å². The van der Waals surface area contributed by atoms with E-state index in [2.05, 4.69) is 25.3 Å². The molecule has 3 rings (SSSR count). The molecule has 0 fully saturated rings. The maximum atomic E-state index is 13.0. The SMILES string of the molecule is CCOCCOC(=O)CCC(NC(=O)c1ccc(N(C)Cc2cnc3nc(N)nc(N)c3n2)cc1)C(=O)OCCOCC. The lowest BCUT2D eigenvalue weighted by molar-refractivity contribution is -0.149. The third-order valence-electron chi connectivity index (χ3n) is 6.07. The molecule has 0 saturated heterocycles. The third-order valence-corrected chi connectivity index (χ3v) is 6.07. The van der Waals surface area contributed by atoms with Crippen LogP contribution in [0.15, 0.2) is 30.5 Å². The van der Waals surface area contributed by atoms with Crippen molar-refractivity contribution in [2.24, 2.45) is 0 Å². The maximum absolute atomic E-state index is 13.0. The summed E-state index contributed by atoms with van der Waals surface area (Å²) in [7, 11) is 1.85. The summed E-state index contributed by atoms with van der Waals surface area (Å²) < 4.78 is 20.7. The Balaban J connectivity index is 1.61. The van der Waals surface area contributed by atoms with Gasteiger partial charge in [-0.25, -0.2) is 14.8 Å². The normalized spacial score (nSPS) is 11.6. The van der Waals surface area contributed by atoms with Crippen LogP contribution in [-0.2, 0) is 35.1 Å². The molecule has 1 aromatic carbocycles. The number of carbonyl (C=O) groups excluding carboxylic acids is 3. The first-order valence-corrected chi connectivity index (χ1v) is 13.9. The number of ether oxygens (including phenoxy) is 4. The van der Waals surface area contributed by atoms with Crippen molar-refractivity contribution in [1.82, 2.24) is 25.3 Å². The van der Waals surface area contributed by atoms with E-state index in [1.165, 1.54) is 0 Å². The first-order chi connectivity index (χ1) is 20.7. The van der Waals surface area contributed by atoms with Crippen molar-refractivity contribution in [3.05, 3.63) is 41.7 Å². The van der Waals surface area contributed by atoms with Crippen molar-refractivity contribution >= 4 is 46.5 Å². The fourth-order valence-corrected chi connectivity index (χ4v) is 3.89. The summed E-state index contributed by atoms with van der Waals surface area (Å²) in [6, 6.07) is 5.70. The Bertz CT molecular complexity index is 1370. The number of fused-ring (bicyclic) bond motifs is 1. The number of rotatable bonds is 17. The van der Waals surface area contributed by atoms with Crippen LogP contribution in [0.3, 0.4) is 0 Å². The Labute approximate surface area is 249 Å². The fourth-order valence-electron chi connectivity index (χ4n) is 3.89. The molecule has 0 bridgehead atoms. The molecule has 2 heterocycles. The number of benzene rings is 1. The number of hydrogen-bond donors (Lipinski definition) is 3. The van der Waals surface area contributed by atoms with Crippen LogP contribution in [-0.4, -0.2) is 90.5 Å². The minimum absolute atomic E-state index is 0.00242. The second-order valence-corrected chi connectivity index (χ2v) is 9.25. The molecule has 3 aromatic rings. The summed E-state index contributed by atoms with van der Waals surface area (Å²) in [5.41, 5.74) is 13.9. The summed E-state index contributed by atoms with van der Waals surface area (Å²) in [6.45, 7) is 5.66. The molecule has 0 aliphatic rings.